The number of rotatable bonds is 9. The van der Waals surface area contributed by atoms with Crippen molar-refractivity contribution in [2.45, 2.75) is 64.8 Å². The summed E-state index contributed by atoms with van der Waals surface area (Å²) in [5.41, 5.74) is 0. The standard InChI is InChI=1S/C14H26N2O2/c1-3-5-6-7-8-9-10-15-12-11-13(17)16(4-2)14(12)18/h12,15H,3-11H2,1-2H3. The first-order valence-corrected chi connectivity index (χ1v) is 7.28. The van der Waals surface area contributed by atoms with Crippen molar-refractivity contribution in [3.8, 4) is 0 Å². The van der Waals surface area contributed by atoms with E-state index in [-0.39, 0.29) is 17.9 Å². The van der Waals surface area contributed by atoms with E-state index in [1.54, 1.807) is 0 Å². The van der Waals surface area contributed by atoms with Gasteiger partial charge in [-0.2, -0.15) is 0 Å². The molecule has 4 nitrogen and oxygen atoms in total. The van der Waals surface area contributed by atoms with Crippen molar-refractivity contribution < 1.29 is 9.59 Å². The fourth-order valence-corrected chi connectivity index (χ4v) is 2.36. The third kappa shape index (κ3) is 4.41. The van der Waals surface area contributed by atoms with Gasteiger partial charge in [0.05, 0.1) is 12.5 Å². The Morgan fingerprint density at radius 2 is 1.78 bits per heavy atom. The van der Waals surface area contributed by atoms with Gasteiger partial charge in [-0.15, -0.1) is 0 Å². The van der Waals surface area contributed by atoms with Crippen LogP contribution in [0.2, 0.25) is 0 Å². The van der Waals surface area contributed by atoms with Gasteiger partial charge in [-0.3, -0.25) is 14.5 Å². The lowest BCUT2D eigenvalue weighted by Gasteiger charge is -2.12. The zero-order valence-corrected chi connectivity index (χ0v) is 11.7. The molecule has 0 aromatic carbocycles. The van der Waals surface area contributed by atoms with Crippen molar-refractivity contribution in [1.82, 2.24) is 10.2 Å². The van der Waals surface area contributed by atoms with Gasteiger partial charge < -0.3 is 5.32 Å². The lowest BCUT2D eigenvalue weighted by molar-refractivity contribution is -0.138. The summed E-state index contributed by atoms with van der Waals surface area (Å²) in [6, 6.07) is -0.270. The molecule has 0 radical (unpaired) electrons. The Morgan fingerprint density at radius 1 is 1.11 bits per heavy atom. The van der Waals surface area contributed by atoms with Crippen LogP contribution in [-0.2, 0) is 9.59 Å². The number of hydrogen-bond acceptors (Lipinski definition) is 3. The van der Waals surface area contributed by atoms with Gasteiger partial charge in [0, 0.05) is 6.54 Å². The van der Waals surface area contributed by atoms with Crippen LogP contribution in [0.1, 0.15) is 58.8 Å². The first-order chi connectivity index (χ1) is 8.70. The first-order valence-electron chi connectivity index (χ1n) is 7.28. The number of amides is 2. The Labute approximate surface area is 110 Å². The Hall–Kier alpha value is -0.900. The van der Waals surface area contributed by atoms with Gasteiger partial charge in [0.15, 0.2) is 0 Å². The summed E-state index contributed by atoms with van der Waals surface area (Å²) in [7, 11) is 0. The van der Waals surface area contributed by atoms with E-state index >= 15 is 0 Å². The number of nitrogens with one attached hydrogen (secondary N) is 1. The van der Waals surface area contributed by atoms with Crippen LogP contribution < -0.4 is 5.32 Å². The molecule has 0 aromatic rings. The normalized spacial score (nSPS) is 19.9. The lowest BCUT2D eigenvalue weighted by atomic mass is 10.1. The van der Waals surface area contributed by atoms with Gasteiger partial charge in [0.25, 0.3) is 0 Å². The molecule has 1 rings (SSSR count). The highest BCUT2D eigenvalue weighted by atomic mass is 16.2. The molecular weight excluding hydrogens is 228 g/mol. The van der Waals surface area contributed by atoms with E-state index in [1.165, 1.54) is 37.0 Å². The highest BCUT2D eigenvalue weighted by Gasteiger charge is 2.36. The van der Waals surface area contributed by atoms with E-state index in [0.717, 1.165) is 13.0 Å². The molecule has 18 heavy (non-hydrogen) atoms. The fraction of sp³-hybridized carbons (Fsp3) is 0.857. The number of nitrogens with zero attached hydrogens (tertiary/aromatic N) is 1. The van der Waals surface area contributed by atoms with Gasteiger partial charge in [-0.1, -0.05) is 39.0 Å². The van der Waals surface area contributed by atoms with Gasteiger partial charge in [-0.25, -0.2) is 0 Å². The number of hydrogen-bond donors (Lipinski definition) is 1. The van der Waals surface area contributed by atoms with Crippen LogP contribution in [0.3, 0.4) is 0 Å². The van der Waals surface area contributed by atoms with E-state index in [2.05, 4.69) is 12.2 Å². The number of unbranched alkanes of at least 4 members (excludes halogenated alkanes) is 5. The summed E-state index contributed by atoms with van der Waals surface area (Å²) >= 11 is 0. The van der Waals surface area contributed by atoms with Gasteiger partial charge in [0.1, 0.15) is 0 Å². The largest absolute Gasteiger partial charge is 0.305 e. The molecule has 1 N–H and O–H groups in total. The molecule has 1 fully saturated rings. The van der Waals surface area contributed by atoms with Crippen molar-refractivity contribution in [2.24, 2.45) is 0 Å². The van der Waals surface area contributed by atoms with Gasteiger partial charge in [0.2, 0.25) is 11.8 Å². The number of likely N-dealkylation sites (tertiary alicyclic amines) is 1. The van der Waals surface area contributed by atoms with Crippen molar-refractivity contribution in [2.75, 3.05) is 13.1 Å². The molecule has 1 aliphatic heterocycles. The minimum atomic E-state index is -0.270. The van der Waals surface area contributed by atoms with Crippen LogP contribution in [0, 0.1) is 0 Å². The molecule has 4 heteroatoms. The molecule has 0 aliphatic carbocycles. The molecule has 2 amide bonds. The van der Waals surface area contributed by atoms with Gasteiger partial charge >= 0.3 is 0 Å². The Kier molecular flexibility index (Phi) is 6.94. The van der Waals surface area contributed by atoms with Crippen LogP contribution in [-0.4, -0.2) is 35.8 Å². The topological polar surface area (TPSA) is 49.4 Å². The summed E-state index contributed by atoms with van der Waals surface area (Å²) in [5.74, 6) is -0.0866. The highest BCUT2D eigenvalue weighted by Crippen LogP contribution is 2.12. The molecule has 0 spiro atoms. The third-order valence-electron chi connectivity index (χ3n) is 3.48. The lowest BCUT2D eigenvalue weighted by Crippen LogP contribution is -2.39. The van der Waals surface area contributed by atoms with E-state index in [4.69, 9.17) is 0 Å². The minimum absolute atomic E-state index is 0.0389. The molecule has 0 saturated carbocycles. The maximum atomic E-state index is 11.8. The fourth-order valence-electron chi connectivity index (χ4n) is 2.36. The van der Waals surface area contributed by atoms with E-state index in [1.807, 2.05) is 6.92 Å². The summed E-state index contributed by atoms with van der Waals surface area (Å²) in [4.78, 5) is 24.6. The van der Waals surface area contributed by atoms with Crippen LogP contribution in [0.4, 0.5) is 0 Å². The number of carbonyl (C=O) groups excluding carboxylic acids is 2. The monoisotopic (exact) mass is 254 g/mol. The van der Waals surface area contributed by atoms with E-state index in [0.29, 0.717) is 13.0 Å². The predicted molar refractivity (Wildman–Crippen MR) is 72.2 cm³/mol. The Bertz CT molecular complexity index is 279. The highest BCUT2D eigenvalue weighted by molar-refractivity contribution is 6.05. The summed E-state index contributed by atoms with van der Waals surface area (Å²) in [6.07, 6.45) is 7.79. The summed E-state index contributed by atoms with van der Waals surface area (Å²) in [5, 5.41) is 3.20. The smallest absolute Gasteiger partial charge is 0.246 e. The van der Waals surface area contributed by atoms with Crippen LogP contribution in [0.15, 0.2) is 0 Å². The average molecular weight is 254 g/mol. The molecule has 1 aliphatic rings. The zero-order valence-electron chi connectivity index (χ0n) is 11.7. The van der Waals surface area contributed by atoms with E-state index in [9.17, 15) is 9.59 Å². The maximum Gasteiger partial charge on any atom is 0.246 e. The molecule has 0 aromatic heterocycles. The number of carbonyl (C=O) groups is 2. The summed E-state index contributed by atoms with van der Waals surface area (Å²) in [6.45, 7) is 5.38. The summed E-state index contributed by atoms with van der Waals surface area (Å²) < 4.78 is 0. The second-order valence-electron chi connectivity index (χ2n) is 4.95. The number of likely N-dealkylation sites (N-methyl/N-ethyl adjacent to an activating group) is 1. The predicted octanol–water partition coefficient (Wildman–Crippen LogP) is 2.08. The second-order valence-corrected chi connectivity index (χ2v) is 4.95. The van der Waals surface area contributed by atoms with Crippen molar-refractivity contribution in [3.63, 3.8) is 0 Å². The van der Waals surface area contributed by atoms with Gasteiger partial charge in [-0.05, 0) is 19.9 Å². The Morgan fingerprint density at radius 3 is 2.39 bits per heavy atom. The molecular formula is C14H26N2O2. The van der Waals surface area contributed by atoms with Crippen molar-refractivity contribution >= 4 is 11.8 Å². The zero-order chi connectivity index (χ0) is 13.4. The quantitative estimate of drug-likeness (QED) is 0.506. The van der Waals surface area contributed by atoms with Crippen LogP contribution in [0.25, 0.3) is 0 Å². The van der Waals surface area contributed by atoms with Crippen LogP contribution in [0.5, 0.6) is 0 Å². The molecule has 1 saturated heterocycles. The molecule has 0 bridgehead atoms. The van der Waals surface area contributed by atoms with E-state index < -0.39 is 0 Å². The van der Waals surface area contributed by atoms with Crippen molar-refractivity contribution in [3.05, 3.63) is 0 Å². The maximum absolute atomic E-state index is 11.8. The van der Waals surface area contributed by atoms with Crippen molar-refractivity contribution in [1.29, 1.82) is 0 Å². The molecule has 1 unspecified atom stereocenters. The second kappa shape index (κ2) is 8.25. The Balaban J connectivity index is 2.10. The number of imide groups is 1. The molecule has 1 heterocycles. The SMILES string of the molecule is CCCCCCCCNC1CC(=O)N(CC)C1=O. The first kappa shape index (κ1) is 15.2. The third-order valence-corrected chi connectivity index (χ3v) is 3.48. The molecule has 104 valence electrons. The minimum Gasteiger partial charge on any atom is -0.305 e. The molecule has 1 atom stereocenters. The average Bonchev–Trinajstić information content (AvgIpc) is 2.63. The van der Waals surface area contributed by atoms with Crippen LogP contribution >= 0.6 is 0 Å².